The minimum Gasteiger partial charge on any atom is -0.342 e. The Labute approximate surface area is 119 Å². The summed E-state index contributed by atoms with van der Waals surface area (Å²) in [6.07, 6.45) is 0. The standard InChI is InChI=1S/C15H21FN2O2/c1-5-18(6-2)14(19)10-17(4)15(20)12-9-11(3)7-8-13(12)16/h7-9H,5-6,10H2,1-4H3. The van der Waals surface area contributed by atoms with Crippen LogP contribution in [0.4, 0.5) is 4.39 Å². The number of amides is 2. The molecule has 1 aromatic carbocycles. The molecule has 0 bridgehead atoms. The van der Waals surface area contributed by atoms with Gasteiger partial charge in [0.15, 0.2) is 0 Å². The largest absolute Gasteiger partial charge is 0.342 e. The molecular formula is C15H21FN2O2. The number of carbonyl (C=O) groups is 2. The first-order valence-electron chi connectivity index (χ1n) is 6.70. The topological polar surface area (TPSA) is 40.6 Å². The molecule has 1 aromatic rings. The molecule has 0 unspecified atom stereocenters. The third-order valence-corrected chi connectivity index (χ3v) is 3.19. The zero-order chi connectivity index (χ0) is 15.3. The average molecular weight is 280 g/mol. The van der Waals surface area contributed by atoms with Crippen molar-refractivity contribution in [1.29, 1.82) is 0 Å². The maximum absolute atomic E-state index is 13.7. The van der Waals surface area contributed by atoms with Crippen LogP contribution in [0.25, 0.3) is 0 Å². The molecule has 0 aromatic heterocycles. The summed E-state index contributed by atoms with van der Waals surface area (Å²) in [7, 11) is 1.51. The predicted molar refractivity (Wildman–Crippen MR) is 76.0 cm³/mol. The highest BCUT2D eigenvalue weighted by Gasteiger charge is 2.20. The Bertz CT molecular complexity index is 499. The van der Waals surface area contributed by atoms with Crippen LogP contribution in [0.1, 0.15) is 29.8 Å². The lowest BCUT2D eigenvalue weighted by Crippen LogP contribution is -2.41. The second kappa shape index (κ2) is 7.03. The Morgan fingerprint density at radius 2 is 1.80 bits per heavy atom. The number of nitrogens with zero attached hydrogens (tertiary/aromatic N) is 2. The lowest BCUT2D eigenvalue weighted by atomic mass is 10.1. The fourth-order valence-electron chi connectivity index (χ4n) is 1.96. The second-order valence-corrected chi connectivity index (χ2v) is 4.71. The van der Waals surface area contributed by atoms with Gasteiger partial charge in [-0.2, -0.15) is 0 Å². The number of hydrogen-bond donors (Lipinski definition) is 0. The highest BCUT2D eigenvalue weighted by Crippen LogP contribution is 2.12. The number of carbonyl (C=O) groups excluding carboxylic acids is 2. The molecule has 0 heterocycles. The normalized spacial score (nSPS) is 10.2. The van der Waals surface area contributed by atoms with Crippen molar-refractivity contribution in [2.24, 2.45) is 0 Å². The number of halogens is 1. The molecule has 0 aliphatic carbocycles. The van der Waals surface area contributed by atoms with Crippen molar-refractivity contribution in [2.45, 2.75) is 20.8 Å². The van der Waals surface area contributed by atoms with Crippen molar-refractivity contribution < 1.29 is 14.0 Å². The molecule has 0 aliphatic heterocycles. The highest BCUT2D eigenvalue weighted by atomic mass is 19.1. The summed E-state index contributed by atoms with van der Waals surface area (Å²) in [6.45, 7) is 6.68. The van der Waals surface area contributed by atoms with Crippen molar-refractivity contribution in [3.63, 3.8) is 0 Å². The van der Waals surface area contributed by atoms with Crippen LogP contribution >= 0.6 is 0 Å². The second-order valence-electron chi connectivity index (χ2n) is 4.71. The Morgan fingerprint density at radius 1 is 1.20 bits per heavy atom. The molecule has 1 rings (SSSR count). The van der Waals surface area contributed by atoms with E-state index in [0.29, 0.717) is 13.1 Å². The van der Waals surface area contributed by atoms with Gasteiger partial charge in [0.25, 0.3) is 5.91 Å². The fourth-order valence-corrected chi connectivity index (χ4v) is 1.96. The molecule has 5 heteroatoms. The molecule has 4 nitrogen and oxygen atoms in total. The van der Waals surface area contributed by atoms with E-state index >= 15 is 0 Å². The molecule has 0 fully saturated rings. The zero-order valence-corrected chi connectivity index (χ0v) is 12.4. The van der Waals surface area contributed by atoms with E-state index in [1.807, 2.05) is 13.8 Å². The van der Waals surface area contributed by atoms with Crippen LogP contribution in [0.2, 0.25) is 0 Å². The van der Waals surface area contributed by atoms with Crippen molar-refractivity contribution in [2.75, 3.05) is 26.7 Å². The monoisotopic (exact) mass is 280 g/mol. The molecule has 0 radical (unpaired) electrons. The van der Waals surface area contributed by atoms with Crippen LogP contribution < -0.4 is 0 Å². The van der Waals surface area contributed by atoms with E-state index in [-0.39, 0.29) is 18.0 Å². The maximum atomic E-state index is 13.7. The third kappa shape index (κ3) is 3.79. The Hall–Kier alpha value is -1.91. The summed E-state index contributed by atoms with van der Waals surface area (Å²) < 4.78 is 13.7. The number of benzene rings is 1. The number of rotatable bonds is 5. The molecule has 0 aliphatic rings. The maximum Gasteiger partial charge on any atom is 0.257 e. The van der Waals surface area contributed by atoms with Gasteiger partial charge >= 0.3 is 0 Å². The molecule has 0 saturated carbocycles. The van der Waals surface area contributed by atoms with Gasteiger partial charge < -0.3 is 9.80 Å². The van der Waals surface area contributed by atoms with E-state index in [9.17, 15) is 14.0 Å². The van der Waals surface area contributed by atoms with Gasteiger partial charge in [0.2, 0.25) is 5.91 Å². The predicted octanol–water partition coefficient (Wildman–Crippen LogP) is 2.07. The minimum atomic E-state index is -0.567. The van der Waals surface area contributed by atoms with Crippen molar-refractivity contribution in [3.8, 4) is 0 Å². The van der Waals surface area contributed by atoms with Gasteiger partial charge in [-0.3, -0.25) is 9.59 Å². The Morgan fingerprint density at radius 3 is 2.35 bits per heavy atom. The molecule has 20 heavy (non-hydrogen) atoms. The summed E-state index contributed by atoms with van der Waals surface area (Å²) in [5.41, 5.74) is 0.804. The van der Waals surface area contributed by atoms with Crippen molar-refractivity contribution in [3.05, 3.63) is 35.1 Å². The fraction of sp³-hybridized carbons (Fsp3) is 0.467. The molecule has 110 valence electrons. The summed E-state index contributed by atoms with van der Waals surface area (Å²) >= 11 is 0. The Kier molecular flexibility index (Phi) is 5.67. The van der Waals surface area contributed by atoms with E-state index < -0.39 is 11.7 Å². The zero-order valence-electron chi connectivity index (χ0n) is 12.4. The van der Waals surface area contributed by atoms with Gasteiger partial charge in [-0.1, -0.05) is 11.6 Å². The van der Waals surface area contributed by atoms with E-state index in [0.717, 1.165) is 5.56 Å². The molecule has 0 saturated heterocycles. The Balaban J connectivity index is 2.82. The van der Waals surface area contributed by atoms with Crippen LogP contribution in [-0.4, -0.2) is 48.3 Å². The lowest BCUT2D eigenvalue weighted by Gasteiger charge is -2.23. The van der Waals surface area contributed by atoms with Crippen LogP contribution in [0.3, 0.4) is 0 Å². The summed E-state index contributed by atoms with van der Waals surface area (Å²) in [4.78, 5) is 27.0. The average Bonchev–Trinajstić information content (AvgIpc) is 2.42. The van der Waals surface area contributed by atoms with E-state index in [1.165, 1.54) is 24.1 Å². The summed E-state index contributed by atoms with van der Waals surface area (Å²) in [5, 5.41) is 0. The van der Waals surface area contributed by atoms with Gasteiger partial charge in [-0.25, -0.2) is 4.39 Å². The first-order chi connectivity index (χ1) is 9.40. The smallest absolute Gasteiger partial charge is 0.257 e. The van der Waals surface area contributed by atoms with Gasteiger partial charge in [-0.05, 0) is 32.9 Å². The van der Waals surface area contributed by atoms with Crippen LogP contribution in [0.15, 0.2) is 18.2 Å². The molecule has 2 amide bonds. The summed E-state index contributed by atoms with van der Waals surface area (Å²) in [6, 6.07) is 4.37. The van der Waals surface area contributed by atoms with Gasteiger partial charge in [0.1, 0.15) is 5.82 Å². The van der Waals surface area contributed by atoms with Crippen LogP contribution in [0.5, 0.6) is 0 Å². The summed E-state index contributed by atoms with van der Waals surface area (Å²) in [5.74, 6) is -1.19. The number of aryl methyl sites for hydroxylation is 1. The molecule has 0 spiro atoms. The van der Waals surface area contributed by atoms with Crippen molar-refractivity contribution >= 4 is 11.8 Å². The highest BCUT2D eigenvalue weighted by molar-refractivity contribution is 5.96. The first-order valence-corrected chi connectivity index (χ1v) is 6.70. The van der Waals surface area contributed by atoms with Gasteiger partial charge in [0, 0.05) is 20.1 Å². The van der Waals surface area contributed by atoms with E-state index in [2.05, 4.69) is 0 Å². The third-order valence-electron chi connectivity index (χ3n) is 3.19. The van der Waals surface area contributed by atoms with E-state index in [1.54, 1.807) is 17.9 Å². The molecule has 0 N–H and O–H groups in total. The van der Waals surface area contributed by atoms with Gasteiger partial charge in [-0.15, -0.1) is 0 Å². The molecular weight excluding hydrogens is 259 g/mol. The SMILES string of the molecule is CCN(CC)C(=O)CN(C)C(=O)c1cc(C)ccc1F. The minimum absolute atomic E-state index is 0.000142. The number of likely N-dealkylation sites (N-methyl/N-ethyl adjacent to an activating group) is 2. The van der Waals surface area contributed by atoms with Crippen LogP contribution in [0, 0.1) is 12.7 Å². The van der Waals surface area contributed by atoms with Gasteiger partial charge in [0.05, 0.1) is 12.1 Å². The molecule has 0 atom stereocenters. The van der Waals surface area contributed by atoms with Crippen molar-refractivity contribution in [1.82, 2.24) is 9.80 Å². The first kappa shape index (κ1) is 16.1. The number of hydrogen-bond acceptors (Lipinski definition) is 2. The lowest BCUT2D eigenvalue weighted by molar-refractivity contribution is -0.131. The van der Waals surface area contributed by atoms with E-state index in [4.69, 9.17) is 0 Å². The quantitative estimate of drug-likeness (QED) is 0.828. The van der Waals surface area contributed by atoms with Crippen LogP contribution in [-0.2, 0) is 4.79 Å².